The van der Waals surface area contributed by atoms with E-state index in [2.05, 4.69) is 9.97 Å². The van der Waals surface area contributed by atoms with Crippen molar-refractivity contribution in [1.29, 1.82) is 0 Å². The highest BCUT2D eigenvalue weighted by Gasteiger charge is 2.15. The van der Waals surface area contributed by atoms with Crippen molar-refractivity contribution in [3.8, 4) is 27.7 Å². The molecule has 2 aromatic heterocycles. The first-order valence-corrected chi connectivity index (χ1v) is 7.94. The number of anilines is 1. The molecule has 0 aliphatic carbocycles. The first-order valence-electron chi connectivity index (χ1n) is 7.06. The summed E-state index contributed by atoms with van der Waals surface area (Å²) in [6.45, 7) is 0. The van der Waals surface area contributed by atoms with Gasteiger partial charge in [0.15, 0.2) is 5.82 Å². The number of rotatable bonds is 4. The Morgan fingerprint density at radius 2 is 2.04 bits per heavy atom. The molecule has 0 saturated carbocycles. The lowest BCUT2D eigenvalue weighted by molar-refractivity contribution is 0.0597. The fourth-order valence-corrected chi connectivity index (χ4v) is 3.00. The molecule has 6 nitrogen and oxygen atoms in total. The highest BCUT2D eigenvalue weighted by atomic mass is 32.1. The third kappa shape index (κ3) is 3.07. The van der Waals surface area contributed by atoms with Crippen LogP contribution >= 0.6 is 11.3 Å². The number of thiophene rings is 1. The van der Waals surface area contributed by atoms with Crippen LogP contribution in [0.4, 0.5) is 5.69 Å². The summed E-state index contributed by atoms with van der Waals surface area (Å²) in [7, 11) is 2.83. The summed E-state index contributed by atoms with van der Waals surface area (Å²) >= 11 is 1.52. The maximum absolute atomic E-state index is 11.7. The molecule has 0 spiro atoms. The molecule has 2 N–H and O–H groups in total. The van der Waals surface area contributed by atoms with Crippen molar-refractivity contribution < 1.29 is 14.3 Å². The van der Waals surface area contributed by atoms with Crippen LogP contribution in [0.2, 0.25) is 0 Å². The normalized spacial score (nSPS) is 10.4. The Hall–Kier alpha value is -2.93. The minimum Gasteiger partial charge on any atom is -0.496 e. The van der Waals surface area contributed by atoms with Crippen LogP contribution in [0, 0.1) is 0 Å². The lowest BCUT2D eigenvalue weighted by Crippen LogP contribution is -2.04. The Labute approximate surface area is 142 Å². The molecule has 122 valence electrons. The van der Waals surface area contributed by atoms with E-state index in [0.717, 1.165) is 16.1 Å². The van der Waals surface area contributed by atoms with Crippen LogP contribution in [0.15, 0.2) is 41.9 Å². The molecule has 0 aliphatic rings. The molecule has 3 aromatic rings. The topological polar surface area (TPSA) is 87.3 Å². The molecule has 0 aliphatic heterocycles. The maximum Gasteiger partial charge on any atom is 0.341 e. The minimum absolute atomic E-state index is 0.353. The number of nitrogens with two attached hydrogens (primary N) is 1. The molecule has 0 fully saturated rings. The van der Waals surface area contributed by atoms with E-state index in [9.17, 15) is 4.79 Å². The molecule has 0 bridgehead atoms. The molecule has 1 aromatic carbocycles. The number of carbonyl (C=O) groups excluding carboxylic acids is 1. The largest absolute Gasteiger partial charge is 0.496 e. The van der Waals surface area contributed by atoms with Crippen molar-refractivity contribution in [3.63, 3.8) is 0 Å². The van der Waals surface area contributed by atoms with Gasteiger partial charge in [0.25, 0.3) is 0 Å². The molecule has 0 amide bonds. The number of carbonyl (C=O) groups is 1. The smallest absolute Gasteiger partial charge is 0.341 e. The van der Waals surface area contributed by atoms with E-state index in [-0.39, 0.29) is 0 Å². The van der Waals surface area contributed by atoms with Crippen LogP contribution in [0.25, 0.3) is 22.0 Å². The van der Waals surface area contributed by atoms with Crippen LogP contribution in [0.5, 0.6) is 5.75 Å². The lowest BCUT2D eigenvalue weighted by atomic mass is 10.1. The van der Waals surface area contributed by atoms with Crippen LogP contribution < -0.4 is 10.5 Å². The van der Waals surface area contributed by atoms with E-state index >= 15 is 0 Å². The number of hydrogen-bond acceptors (Lipinski definition) is 7. The summed E-state index contributed by atoms with van der Waals surface area (Å²) in [5.74, 6) is 0.491. The number of esters is 1. The Morgan fingerprint density at radius 1 is 1.21 bits per heavy atom. The summed E-state index contributed by atoms with van der Waals surface area (Å²) in [6.07, 6.45) is 1.69. The predicted molar refractivity (Wildman–Crippen MR) is 93.1 cm³/mol. The molecule has 3 rings (SSSR count). The van der Waals surface area contributed by atoms with Gasteiger partial charge < -0.3 is 15.2 Å². The van der Waals surface area contributed by atoms with E-state index in [4.69, 9.17) is 15.2 Å². The van der Waals surface area contributed by atoms with Crippen molar-refractivity contribution in [2.75, 3.05) is 20.0 Å². The maximum atomic E-state index is 11.7. The Kier molecular flexibility index (Phi) is 4.43. The number of nitrogens with zero attached hydrogens (tertiary/aromatic N) is 2. The second-order valence-corrected chi connectivity index (χ2v) is 5.83. The zero-order chi connectivity index (χ0) is 17.1. The molecule has 0 radical (unpaired) electrons. The number of hydrogen-bond donors (Lipinski definition) is 1. The minimum atomic E-state index is -0.456. The van der Waals surface area contributed by atoms with Gasteiger partial charge in [0.2, 0.25) is 0 Å². The third-order valence-corrected chi connectivity index (χ3v) is 4.36. The summed E-state index contributed by atoms with van der Waals surface area (Å²) in [6, 6.07) is 8.82. The van der Waals surface area contributed by atoms with E-state index in [1.165, 1.54) is 25.6 Å². The van der Waals surface area contributed by atoms with Gasteiger partial charge in [-0.3, -0.25) is 0 Å². The van der Waals surface area contributed by atoms with Gasteiger partial charge in [-0.25, -0.2) is 14.8 Å². The standard InChI is InChI=1S/C17H15N3O3S/c1-22-14-7-10(3-4-12(14)17(21)23-2)16-19-6-5-13(20-16)15-8-11(18)9-24-15/h3-9H,18H2,1-2H3. The first kappa shape index (κ1) is 15.9. The number of nitrogen functional groups attached to an aromatic ring is 1. The van der Waals surface area contributed by atoms with Gasteiger partial charge in [0, 0.05) is 22.8 Å². The zero-order valence-corrected chi connectivity index (χ0v) is 14.0. The Balaban J connectivity index is 2.01. The SMILES string of the molecule is COC(=O)c1ccc(-c2nccc(-c3cc(N)cs3)n2)cc1OC. The van der Waals surface area contributed by atoms with Crippen LogP contribution in [0.1, 0.15) is 10.4 Å². The van der Waals surface area contributed by atoms with Crippen LogP contribution in [-0.2, 0) is 4.74 Å². The molecule has 2 heterocycles. The van der Waals surface area contributed by atoms with Crippen LogP contribution in [-0.4, -0.2) is 30.2 Å². The third-order valence-electron chi connectivity index (χ3n) is 3.39. The summed E-state index contributed by atoms with van der Waals surface area (Å²) in [5.41, 5.74) is 8.36. The number of ether oxygens (including phenoxy) is 2. The van der Waals surface area contributed by atoms with Gasteiger partial charge in [-0.15, -0.1) is 11.3 Å². The average molecular weight is 341 g/mol. The second-order valence-electron chi connectivity index (χ2n) is 4.92. The van der Waals surface area contributed by atoms with Gasteiger partial charge in [-0.1, -0.05) is 6.07 Å². The van der Waals surface area contributed by atoms with Crippen molar-refractivity contribution in [1.82, 2.24) is 9.97 Å². The molecule has 7 heteroatoms. The highest BCUT2D eigenvalue weighted by Crippen LogP contribution is 2.30. The average Bonchev–Trinajstić information content (AvgIpc) is 3.07. The predicted octanol–water partition coefficient (Wildman–Crippen LogP) is 3.25. The van der Waals surface area contributed by atoms with Crippen LogP contribution in [0.3, 0.4) is 0 Å². The first-order chi connectivity index (χ1) is 11.6. The quantitative estimate of drug-likeness (QED) is 0.733. The molecule has 0 atom stereocenters. The Bertz CT molecular complexity index is 892. The Morgan fingerprint density at radius 3 is 2.71 bits per heavy atom. The highest BCUT2D eigenvalue weighted by molar-refractivity contribution is 7.14. The van der Waals surface area contributed by atoms with Crippen molar-refractivity contribution in [3.05, 3.63) is 47.5 Å². The van der Waals surface area contributed by atoms with Crippen molar-refractivity contribution in [2.24, 2.45) is 0 Å². The van der Waals surface area contributed by atoms with E-state index in [1.54, 1.807) is 24.4 Å². The van der Waals surface area contributed by atoms with E-state index in [1.807, 2.05) is 17.5 Å². The zero-order valence-electron chi connectivity index (χ0n) is 13.1. The molecule has 0 unspecified atom stereocenters. The van der Waals surface area contributed by atoms with Gasteiger partial charge in [0.1, 0.15) is 11.3 Å². The van der Waals surface area contributed by atoms with E-state index in [0.29, 0.717) is 22.8 Å². The molecule has 24 heavy (non-hydrogen) atoms. The lowest BCUT2D eigenvalue weighted by Gasteiger charge is -2.09. The summed E-state index contributed by atoms with van der Waals surface area (Å²) < 4.78 is 10.0. The van der Waals surface area contributed by atoms with Gasteiger partial charge in [0.05, 0.1) is 24.8 Å². The molecular weight excluding hydrogens is 326 g/mol. The van der Waals surface area contributed by atoms with Gasteiger partial charge in [-0.05, 0) is 24.3 Å². The number of benzene rings is 1. The van der Waals surface area contributed by atoms with Gasteiger partial charge in [-0.2, -0.15) is 0 Å². The van der Waals surface area contributed by atoms with Crippen molar-refractivity contribution in [2.45, 2.75) is 0 Å². The second kappa shape index (κ2) is 6.67. The molecular formula is C17H15N3O3S. The van der Waals surface area contributed by atoms with Gasteiger partial charge >= 0.3 is 5.97 Å². The fraction of sp³-hybridized carbons (Fsp3) is 0.118. The number of aromatic nitrogens is 2. The van der Waals surface area contributed by atoms with E-state index < -0.39 is 5.97 Å². The van der Waals surface area contributed by atoms with Crippen molar-refractivity contribution >= 4 is 23.0 Å². The fourth-order valence-electron chi connectivity index (χ4n) is 2.23. The number of methoxy groups -OCH3 is 2. The monoisotopic (exact) mass is 341 g/mol. The molecule has 0 saturated heterocycles. The summed E-state index contributed by atoms with van der Waals surface area (Å²) in [4.78, 5) is 21.6. The summed E-state index contributed by atoms with van der Waals surface area (Å²) in [5, 5.41) is 1.87.